The molecule has 2 aliphatic carbocycles. The van der Waals surface area contributed by atoms with E-state index in [0.29, 0.717) is 16.7 Å². The van der Waals surface area contributed by atoms with Crippen LogP contribution in [0, 0.1) is 16.7 Å². The molecule has 0 radical (unpaired) electrons. The van der Waals surface area contributed by atoms with Gasteiger partial charge in [-0.15, -0.1) is 0 Å². The van der Waals surface area contributed by atoms with E-state index in [1.807, 2.05) is 30.5 Å². The molecule has 2 atom stereocenters. The molecular formula is C17H20ClNO. The second-order valence-corrected chi connectivity index (χ2v) is 7.16. The van der Waals surface area contributed by atoms with Crippen molar-refractivity contribution in [1.82, 2.24) is 0 Å². The van der Waals surface area contributed by atoms with E-state index in [1.165, 1.54) is 0 Å². The predicted octanol–water partition coefficient (Wildman–Crippen LogP) is 4.66. The Morgan fingerprint density at radius 1 is 1.25 bits per heavy atom. The fraction of sp³-hybridized carbons (Fsp3) is 0.471. The number of rotatable bonds is 2. The van der Waals surface area contributed by atoms with Crippen molar-refractivity contribution in [3.8, 4) is 0 Å². The molecule has 2 saturated carbocycles. The maximum absolute atomic E-state index is 12.7. The molecule has 0 amide bonds. The van der Waals surface area contributed by atoms with Crippen molar-refractivity contribution in [3.63, 3.8) is 0 Å². The molecular weight excluding hydrogens is 270 g/mol. The van der Waals surface area contributed by atoms with E-state index in [1.54, 1.807) is 0 Å². The van der Waals surface area contributed by atoms with Crippen LogP contribution in [0.4, 0.5) is 5.69 Å². The molecule has 3 heteroatoms. The number of carbonyl (C=O) groups is 1. The zero-order valence-electron chi connectivity index (χ0n) is 12.2. The maximum Gasteiger partial charge on any atom is 0.167 e. The van der Waals surface area contributed by atoms with E-state index in [4.69, 9.17) is 11.6 Å². The van der Waals surface area contributed by atoms with Crippen LogP contribution in [0.3, 0.4) is 0 Å². The summed E-state index contributed by atoms with van der Waals surface area (Å²) in [6, 6.07) is 7.53. The molecule has 2 fully saturated rings. The quantitative estimate of drug-likeness (QED) is 0.802. The number of nitrogens with one attached hydrogen (secondary N) is 1. The smallest absolute Gasteiger partial charge is 0.167 e. The van der Waals surface area contributed by atoms with Gasteiger partial charge in [-0.1, -0.05) is 32.4 Å². The summed E-state index contributed by atoms with van der Waals surface area (Å²) in [7, 11) is 0. The van der Waals surface area contributed by atoms with Crippen LogP contribution in [0.15, 0.2) is 36.0 Å². The summed E-state index contributed by atoms with van der Waals surface area (Å²) in [6.45, 7) is 6.58. The summed E-state index contributed by atoms with van der Waals surface area (Å²) < 4.78 is 0. The summed E-state index contributed by atoms with van der Waals surface area (Å²) in [5.74, 6) is 0.694. The van der Waals surface area contributed by atoms with Crippen molar-refractivity contribution >= 4 is 23.1 Å². The van der Waals surface area contributed by atoms with E-state index >= 15 is 0 Å². The molecule has 1 N–H and O–H groups in total. The lowest BCUT2D eigenvalue weighted by molar-refractivity contribution is -0.125. The molecule has 1 aromatic carbocycles. The number of hydrogen-bond donors (Lipinski definition) is 1. The van der Waals surface area contributed by atoms with Crippen LogP contribution in [0.2, 0.25) is 5.02 Å². The van der Waals surface area contributed by atoms with Crippen LogP contribution in [-0.2, 0) is 4.79 Å². The van der Waals surface area contributed by atoms with Crippen LogP contribution < -0.4 is 5.32 Å². The van der Waals surface area contributed by atoms with Gasteiger partial charge in [-0.3, -0.25) is 4.79 Å². The Bertz CT molecular complexity index is 588. The maximum atomic E-state index is 12.7. The highest BCUT2D eigenvalue weighted by Gasteiger charge is 2.63. The predicted molar refractivity (Wildman–Crippen MR) is 82.8 cm³/mol. The van der Waals surface area contributed by atoms with Gasteiger partial charge in [0, 0.05) is 27.9 Å². The van der Waals surface area contributed by atoms with E-state index in [2.05, 4.69) is 26.1 Å². The first kappa shape index (κ1) is 13.7. The summed E-state index contributed by atoms with van der Waals surface area (Å²) in [5.41, 5.74) is 1.79. The second-order valence-electron chi connectivity index (χ2n) is 6.73. The van der Waals surface area contributed by atoms with Gasteiger partial charge in [0.25, 0.3) is 0 Å². The van der Waals surface area contributed by atoms with Crippen molar-refractivity contribution in [2.24, 2.45) is 16.7 Å². The van der Waals surface area contributed by atoms with Gasteiger partial charge in [0.15, 0.2) is 5.78 Å². The minimum absolute atomic E-state index is 0.0671. The highest BCUT2D eigenvalue weighted by atomic mass is 35.5. The Hall–Kier alpha value is -1.28. The lowest BCUT2D eigenvalue weighted by Crippen LogP contribution is -2.32. The van der Waals surface area contributed by atoms with Crippen molar-refractivity contribution in [1.29, 1.82) is 0 Å². The van der Waals surface area contributed by atoms with E-state index < -0.39 is 0 Å². The highest BCUT2D eigenvalue weighted by Crippen LogP contribution is 2.65. The van der Waals surface area contributed by atoms with Crippen LogP contribution in [-0.4, -0.2) is 5.78 Å². The molecule has 2 nitrogen and oxygen atoms in total. The van der Waals surface area contributed by atoms with Gasteiger partial charge < -0.3 is 5.32 Å². The van der Waals surface area contributed by atoms with Gasteiger partial charge in [-0.2, -0.15) is 0 Å². The minimum atomic E-state index is -0.189. The molecule has 3 rings (SSSR count). The molecule has 2 bridgehead atoms. The molecule has 0 aromatic heterocycles. The van der Waals surface area contributed by atoms with Crippen molar-refractivity contribution in [3.05, 3.63) is 41.1 Å². The van der Waals surface area contributed by atoms with Gasteiger partial charge in [0.1, 0.15) is 0 Å². The van der Waals surface area contributed by atoms with Gasteiger partial charge in [-0.25, -0.2) is 0 Å². The first-order valence-corrected chi connectivity index (χ1v) is 7.51. The topological polar surface area (TPSA) is 29.1 Å². The summed E-state index contributed by atoms with van der Waals surface area (Å²) in [6.07, 6.45) is 4.04. The highest BCUT2D eigenvalue weighted by molar-refractivity contribution is 6.30. The van der Waals surface area contributed by atoms with Crippen molar-refractivity contribution < 1.29 is 4.79 Å². The standard InChI is InChI=1S/C17H20ClNO/c1-16(2)14-8-9-17(16,3)15(20)13(14)10-19-12-6-4-11(18)5-7-12/h4-7,10,14,19H,8-9H2,1-3H3/b13-10-. The minimum Gasteiger partial charge on any atom is -0.361 e. The third kappa shape index (κ3) is 1.74. The van der Waals surface area contributed by atoms with Gasteiger partial charge in [0.05, 0.1) is 0 Å². The van der Waals surface area contributed by atoms with Gasteiger partial charge in [-0.05, 0) is 48.4 Å². The average Bonchev–Trinajstić information content (AvgIpc) is 2.71. The van der Waals surface area contributed by atoms with E-state index in [-0.39, 0.29) is 10.8 Å². The number of halogens is 1. The van der Waals surface area contributed by atoms with E-state index in [9.17, 15) is 4.79 Å². The van der Waals surface area contributed by atoms with Gasteiger partial charge >= 0.3 is 0 Å². The second kappa shape index (κ2) is 4.36. The molecule has 0 spiro atoms. The third-order valence-electron chi connectivity index (χ3n) is 5.60. The number of carbonyl (C=O) groups excluding carboxylic acids is 1. The lowest BCUT2D eigenvalue weighted by atomic mass is 9.70. The number of ketones is 1. The Morgan fingerprint density at radius 3 is 2.45 bits per heavy atom. The molecule has 0 aliphatic heterocycles. The van der Waals surface area contributed by atoms with Crippen LogP contribution in [0.25, 0.3) is 0 Å². The molecule has 106 valence electrons. The Balaban J connectivity index is 1.87. The monoisotopic (exact) mass is 289 g/mol. The summed E-state index contributed by atoms with van der Waals surface area (Å²) in [5, 5.41) is 3.96. The fourth-order valence-electron chi connectivity index (χ4n) is 3.80. The number of Topliss-reactive ketones (excluding diaryl/α,β-unsaturated/α-hetero) is 1. The normalized spacial score (nSPS) is 32.9. The Morgan fingerprint density at radius 2 is 1.90 bits per heavy atom. The first-order chi connectivity index (χ1) is 9.36. The Labute approximate surface area is 125 Å². The fourth-order valence-corrected chi connectivity index (χ4v) is 3.93. The summed E-state index contributed by atoms with van der Waals surface area (Å²) in [4.78, 5) is 12.7. The number of anilines is 1. The summed E-state index contributed by atoms with van der Waals surface area (Å²) >= 11 is 5.87. The molecule has 20 heavy (non-hydrogen) atoms. The van der Waals surface area contributed by atoms with Crippen LogP contribution in [0.5, 0.6) is 0 Å². The number of fused-ring (bicyclic) bond motifs is 2. The van der Waals surface area contributed by atoms with E-state index in [0.717, 1.165) is 24.1 Å². The lowest BCUT2D eigenvalue weighted by Gasteiger charge is -2.31. The number of hydrogen-bond acceptors (Lipinski definition) is 2. The molecule has 2 unspecified atom stereocenters. The van der Waals surface area contributed by atoms with Crippen molar-refractivity contribution in [2.45, 2.75) is 33.6 Å². The molecule has 1 aromatic rings. The number of allylic oxidation sites excluding steroid dienone is 1. The van der Waals surface area contributed by atoms with Crippen LogP contribution >= 0.6 is 11.6 Å². The largest absolute Gasteiger partial charge is 0.361 e. The number of benzene rings is 1. The van der Waals surface area contributed by atoms with Gasteiger partial charge in [0.2, 0.25) is 0 Å². The molecule has 0 heterocycles. The zero-order chi connectivity index (χ0) is 14.5. The first-order valence-electron chi connectivity index (χ1n) is 7.13. The zero-order valence-corrected chi connectivity index (χ0v) is 12.9. The Kier molecular flexibility index (Phi) is 2.98. The molecule has 2 aliphatic rings. The SMILES string of the molecule is CC12CCC(/C(=C/Nc3ccc(Cl)cc3)C1=O)C2(C)C. The van der Waals surface area contributed by atoms with Crippen molar-refractivity contribution in [2.75, 3.05) is 5.32 Å². The third-order valence-corrected chi connectivity index (χ3v) is 5.86. The van der Waals surface area contributed by atoms with Crippen LogP contribution in [0.1, 0.15) is 33.6 Å². The average molecular weight is 290 g/mol. The molecule has 0 saturated heterocycles.